The van der Waals surface area contributed by atoms with Crippen LogP contribution < -0.4 is 11.1 Å². The molecule has 1 aliphatic carbocycles. The highest BCUT2D eigenvalue weighted by Crippen LogP contribution is 2.45. The van der Waals surface area contributed by atoms with Crippen molar-refractivity contribution in [3.63, 3.8) is 0 Å². The molecule has 2 unspecified atom stereocenters. The second kappa shape index (κ2) is 4.79. The molecule has 3 N–H and O–H groups in total. The van der Waals surface area contributed by atoms with Gasteiger partial charge in [0.1, 0.15) is 11.6 Å². The molecule has 1 aromatic carbocycles. The maximum Gasteiger partial charge on any atom is 0.189 e. The molecule has 1 fully saturated rings. The molecule has 0 radical (unpaired) electrons. The van der Waals surface area contributed by atoms with Gasteiger partial charge in [-0.15, -0.1) is 0 Å². The third-order valence-corrected chi connectivity index (χ3v) is 2.94. The third-order valence-electron chi connectivity index (χ3n) is 2.94. The summed E-state index contributed by atoms with van der Waals surface area (Å²) in [5, 5.41) is 3.03. The summed E-state index contributed by atoms with van der Waals surface area (Å²) in [6.07, 6.45) is 0.629. The van der Waals surface area contributed by atoms with Crippen LogP contribution in [0.5, 0.6) is 0 Å². The summed E-state index contributed by atoms with van der Waals surface area (Å²) in [5.41, 5.74) is 5.71. The van der Waals surface area contributed by atoms with Crippen LogP contribution in [0.2, 0.25) is 0 Å². The first kappa shape index (κ1) is 13.8. The van der Waals surface area contributed by atoms with Crippen molar-refractivity contribution < 1.29 is 8.78 Å². The third kappa shape index (κ3) is 3.43. The van der Waals surface area contributed by atoms with Crippen LogP contribution in [0, 0.1) is 11.6 Å². The summed E-state index contributed by atoms with van der Waals surface area (Å²) in [6, 6.07) is 3.77. The van der Waals surface area contributed by atoms with Crippen molar-refractivity contribution in [2.75, 3.05) is 0 Å². The van der Waals surface area contributed by atoms with Crippen molar-refractivity contribution in [3.8, 4) is 0 Å². The number of halogens is 2. The highest BCUT2D eigenvalue weighted by Gasteiger charge is 2.42. The predicted octanol–water partition coefficient (Wildman–Crippen LogP) is 2.52. The van der Waals surface area contributed by atoms with Gasteiger partial charge >= 0.3 is 0 Å². The molecule has 1 saturated carbocycles. The number of nitrogens with one attached hydrogen (secondary N) is 1. The summed E-state index contributed by atoms with van der Waals surface area (Å²) >= 11 is 0. The molecule has 0 heterocycles. The number of hydrogen-bond acceptors (Lipinski definition) is 1. The maximum absolute atomic E-state index is 13.6. The lowest BCUT2D eigenvalue weighted by Gasteiger charge is -2.21. The van der Waals surface area contributed by atoms with Crippen LogP contribution in [0.15, 0.2) is 23.2 Å². The molecule has 5 heteroatoms. The maximum atomic E-state index is 13.6. The van der Waals surface area contributed by atoms with Gasteiger partial charge in [-0.1, -0.05) is 6.07 Å². The molecule has 1 aliphatic rings. The molecule has 1 aromatic rings. The zero-order valence-electron chi connectivity index (χ0n) is 11.4. The Morgan fingerprint density at radius 1 is 1.32 bits per heavy atom. The molecule has 0 spiro atoms. The van der Waals surface area contributed by atoms with Gasteiger partial charge in [0.25, 0.3) is 0 Å². The lowest BCUT2D eigenvalue weighted by atomic mass is 10.1. The SMILES string of the molecule is CC(C)(C)NC(N)=NC1CC1c1c(F)cccc1F. The lowest BCUT2D eigenvalue weighted by molar-refractivity contribution is 0.507. The minimum Gasteiger partial charge on any atom is -0.370 e. The van der Waals surface area contributed by atoms with Crippen LogP contribution >= 0.6 is 0 Å². The van der Waals surface area contributed by atoms with Gasteiger partial charge in [-0.3, -0.25) is 0 Å². The molecule has 0 amide bonds. The summed E-state index contributed by atoms with van der Waals surface area (Å²) in [4.78, 5) is 4.26. The fourth-order valence-electron chi connectivity index (χ4n) is 2.09. The Bertz CT molecular complexity index is 486. The number of nitrogens with two attached hydrogens (primary N) is 1. The van der Waals surface area contributed by atoms with E-state index in [4.69, 9.17) is 5.73 Å². The highest BCUT2D eigenvalue weighted by molar-refractivity contribution is 5.79. The fourth-order valence-corrected chi connectivity index (χ4v) is 2.09. The fraction of sp³-hybridized carbons (Fsp3) is 0.500. The summed E-state index contributed by atoms with van der Waals surface area (Å²) in [5.74, 6) is -0.909. The summed E-state index contributed by atoms with van der Waals surface area (Å²) < 4.78 is 27.2. The Kier molecular flexibility index (Phi) is 3.47. The molecule has 0 aromatic heterocycles. The largest absolute Gasteiger partial charge is 0.370 e. The van der Waals surface area contributed by atoms with Crippen molar-refractivity contribution >= 4 is 5.96 Å². The van der Waals surface area contributed by atoms with E-state index in [1.165, 1.54) is 18.2 Å². The van der Waals surface area contributed by atoms with Gasteiger partial charge < -0.3 is 11.1 Å². The Morgan fingerprint density at radius 2 is 1.89 bits per heavy atom. The van der Waals surface area contributed by atoms with Gasteiger partial charge in [0, 0.05) is 17.0 Å². The smallest absolute Gasteiger partial charge is 0.189 e. The minimum absolute atomic E-state index is 0.125. The summed E-state index contributed by atoms with van der Waals surface area (Å²) in [6.45, 7) is 5.91. The van der Waals surface area contributed by atoms with Crippen molar-refractivity contribution in [2.45, 2.75) is 44.7 Å². The molecule has 2 rings (SSSR count). The van der Waals surface area contributed by atoms with Crippen molar-refractivity contribution in [1.82, 2.24) is 5.32 Å². The molecule has 0 saturated heterocycles. The normalized spacial score (nSPS) is 23.3. The van der Waals surface area contributed by atoms with Gasteiger partial charge in [0.2, 0.25) is 0 Å². The van der Waals surface area contributed by atoms with E-state index >= 15 is 0 Å². The Hall–Kier alpha value is -1.65. The molecule has 0 aliphatic heterocycles. The number of nitrogens with zero attached hydrogens (tertiary/aromatic N) is 1. The van der Waals surface area contributed by atoms with Crippen molar-refractivity contribution in [2.24, 2.45) is 10.7 Å². The van der Waals surface area contributed by atoms with Gasteiger partial charge in [-0.2, -0.15) is 0 Å². The van der Waals surface area contributed by atoms with Crippen LogP contribution in [-0.4, -0.2) is 17.5 Å². The van der Waals surface area contributed by atoms with Gasteiger partial charge in [-0.05, 0) is 39.3 Å². The van der Waals surface area contributed by atoms with E-state index in [2.05, 4.69) is 10.3 Å². The predicted molar refractivity (Wildman–Crippen MR) is 72.0 cm³/mol. The minimum atomic E-state index is -0.509. The van der Waals surface area contributed by atoms with E-state index in [1.807, 2.05) is 20.8 Å². The number of benzene rings is 1. The molecule has 19 heavy (non-hydrogen) atoms. The van der Waals surface area contributed by atoms with Crippen LogP contribution in [-0.2, 0) is 0 Å². The highest BCUT2D eigenvalue weighted by atomic mass is 19.1. The molecular weight excluding hydrogens is 248 g/mol. The quantitative estimate of drug-likeness (QED) is 0.639. The second-order valence-corrected chi connectivity index (χ2v) is 5.93. The van der Waals surface area contributed by atoms with E-state index < -0.39 is 11.6 Å². The van der Waals surface area contributed by atoms with E-state index in [1.54, 1.807) is 0 Å². The van der Waals surface area contributed by atoms with E-state index in [0.29, 0.717) is 12.4 Å². The van der Waals surface area contributed by atoms with Crippen LogP contribution in [0.3, 0.4) is 0 Å². The summed E-state index contributed by atoms with van der Waals surface area (Å²) in [7, 11) is 0. The molecule has 3 nitrogen and oxygen atoms in total. The first-order chi connectivity index (χ1) is 8.78. The average molecular weight is 267 g/mol. The molecular formula is C14H19F2N3. The monoisotopic (exact) mass is 267 g/mol. The van der Waals surface area contributed by atoms with Crippen LogP contribution in [0.25, 0.3) is 0 Å². The zero-order chi connectivity index (χ0) is 14.2. The van der Waals surface area contributed by atoms with E-state index in [-0.39, 0.29) is 23.1 Å². The number of aliphatic imine (C=N–C) groups is 1. The first-order valence-corrected chi connectivity index (χ1v) is 6.33. The molecule has 104 valence electrons. The number of hydrogen-bond donors (Lipinski definition) is 2. The number of guanidine groups is 1. The van der Waals surface area contributed by atoms with Gasteiger partial charge in [0.05, 0.1) is 6.04 Å². The van der Waals surface area contributed by atoms with Crippen LogP contribution in [0.1, 0.15) is 38.7 Å². The molecule has 2 atom stereocenters. The van der Waals surface area contributed by atoms with E-state index in [0.717, 1.165) is 0 Å². The van der Waals surface area contributed by atoms with Gasteiger partial charge in [0.15, 0.2) is 5.96 Å². The van der Waals surface area contributed by atoms with Crippen LogP contribution in [0.4, 0.5) is 8.78 Å². The number of rotatable bonds is 2. The lowest BCUT2D eigenvalue weighted by Crippen LogP contribution is -2.45. The topological polar surface area (TPSA) is 50.4 Å². The van der Waals surface area contributed by atoms with Gasteiger partial charge in [-0.25, -0.2) is 13.8 Å². The zero-order valence-corrected chi connectivity index (χ0v) is 11.4. The average Bonchev–Trinajstić information content (AvgIpc) is 2.93. The van der Waals surface area contributed by atoms with Crippen molar-refractivity contribution in [1.29, 1.82) is 0 Å². The Balaban J connectivity index is 2.07. The standard InChI is InChI=1S/C14H19F2N3/c1-14(2,3)19-13(17)18-11-7-8(11)12-9(15)5-4-6-10(12)16/h4-6,8,11H,7H2,1-3H3,(H3,17,18,19). The first-order valence-electron chi connectivity index (χ1n) is 6.33. The van der Waals surface area contributed by atoms with E-state index in [9.17, 15) is 8.78 Å². The second-order valence-electron chi connectivity index (χ2n) is 5.93. The van der Waals surface area contributed by atoms with Crippen molar-refractivity contribution in [3.05, 3.63) is 35.4 Å². The molecule has 0 bridgehead atoms. The Labute approximate surface area is 111 Å². The Morgan fingerprint density at radius 3 is 2.42 bits per heavy atom.